The van der Waals surface area contributed by atoms with Gasteiger partial charge in [0, 0.05) is 13.1 Å². The Bertz CT molecular complexity index is 868. The lowest BCUT2D eigenvalue weighted by molar-refractivity contribution is -0.129. The van der Waals surface area contributed by atoms with Crippen LogP contribution in [0.3, 0.4) is 0 Å². The topological polar surface area (TPSA) is 95.1 Å². The number of hydrogen-bond donors (Lipinski definition) is 2. The largest absolute Gasteiger partial charge is 0.493 e. The van der Waals surface area contributed by atoms with Gasteiger partial charge in [-0.15, -0.1) is 0 Å². The fourth-order valence-electron chi connectivity index (χ4n) is 2.71. The second-order valence-electron chi connectivity index (χ2n) is 6.11. The number of rotatable bonds is 8. The summed E-state index contributed by atoms with van der Waals surface area (Å²) in [4.78, 5) is 24.0. The molecular weight excluding hydrogens is 364 g/mol. The van der Waals surface area contributed by atoms with Crippen molar-refractivity contribution in [1.29, 1.82) is 0 Å². The smallest absolute Gasteiger partial charge is 0.231 e. The van der Waals surface area contributed by atoms with Gasteiger partial charge in [-0.1, -0.05) is 12.1 Å². The van der Waals surface area contributed by atoms with Crippen molar-refractivity contribution in [3.05, 3.63) is 47.5 Å². The predicted molar refractivity (Wildman–Crippen MR) is 100 cm³/mol. The van der Waals surface area contributed by atoms with E-state index in [1.54, 1.807) is 38.5 Å². The molecule has 0 fully saturated rings. The van der Waals surface area contributed by atoms with E-state index >= 15 is 0 Å². The highest BCUT2D eigenvalue weighted by atomic mass is 16.7. The van der Waals surface area contributed by atoms with Gasteiger partial charge in [-0.05, 0) is 35.4 Å². The molecule has 2 aromatic carbocycles. The van der Waals surface area contributed by atoms with Gasteiger partial charge in [-0.25, -0.2) is 0 Å². The Hall–Kier alpha value is -3.42. The van der Waals surface area contributed by atoms with Crippen LogP contribution in [0, 0.1) is 0 Å². The molecule has 0 atom stereocenters. The van der Waals surface area contributed by atoms with Gasteiger partial charge in [0.2, 0.25) is 18.6 Å². The van der Waals surface area contributed by atoms with E-state index in [-0.39, 0.29) is 31.6 Å². The Morgan fingerprint density at radius 3 is 2.14 bits per heavy atom. The summed E-state index contributed by atoms with van der Waals surface area (Å²) in [5, 5.41) is 5.44. The van der Waals surface area contributed by atoms with Crippen molar-refractivity contribution in [3.63, 3.8) is 0 Å². The maximum absolute atomic E-state index is 12.0. The standard InChI is InChI=1S/C20H22N2O6/c1-25-15-5-3-13(7-17(15)26-2)10-21-19(23)9-20(24)22-11-14-4-6-16-18(8-14)28-12-27-16/h3-8H,9-12H2,1-2H3,(H,21,23)(H,22,24). The van der Waals surface area contributed by atoms with Crippen LogP contribution in [-0.4, -0.2) is 32.8 Å². The summed E-state index contributed by atoms with van der Waals surface area (Å²) in [5.74, 6) is 1.81. The molecule has 8 heteroatoms. The molecule has 148 valence electrons. The second-order valence-corrected chi connectivity index (χ2v) is 6.11. The first-order valence-corrected chi connectivity index (χ1v) is 8.72. The van der Waals surface area contributed by atoms with Crippen molar-refractivity contribution in [3.8, 4) is 23.0 Å². The third-order valence-corrected chi connectivity index (χ3v) is 4.19. The van der Waals surface area contributed by atoms with Crippen LogP contribution in [0.1, 0.15) is 17.5 Å². The van der Waals surface area contributed by atoms with Crippen molar-refractivity contribution in [2.24, 2.45) is 0 Å². The Balaban J connectivity index is 1.43. The maximum atomic E-state index is 12.0. The highest BCUT2D eigenvalue weighted by Gasteiger charge is 2.14. The minimum absolute atomic E-state index is 0.200. The number of fused-ring (bicyclic) bond motifs is 1. The maximum Gasteiger partial charge on any atom is 0.231 e. The van der Waals surface area contributed by atoms with E-state index in [2.05, 4.69) is 10.6 Å². The summed E-state index contributed by atoms with van der Waals surface area (Å²) >= 11 is 0. The SMILES string of the molecule is COc1ccc(CNC(=O)CC(=O)NCc2ccc3c(c2)OCO3)cc1OC. The number of ether oxygens (including phenoxy) is 4. The first-order chi connectivity index (χ1) is 13.6. The van der Waals surface area contributed by atoms with E-state index in [1.807, 2.05) is 12.1 Å². The van der Waals surface area contributed by atoms with E-state index in [0.717, 1.165) is 11.1 Å². The van der Waals surface area contributed by atoms with Gasteiger partial charge < -0.3 is 29.6 Å². The van der Waals surface area contributed by atoms with Gasteiger partial charge in [0.05, 0.1) is 14.2 Å². The first kappa shape index (κ1) is 19.3. The molecular formula is C20H22N2O6. The van der Waals surface area contributed by atoms with Gasteiger partial charge in [0.25, 0.3) is 0 Å². The molecule has 1 heterocycles. The first-order valence-electron chi connectivity index (χ1n) is 8.72. The van der Waals surface area contributed by atoms with E-state index in [1.165, 1.54) is 0 Å². The molecule has 2 aromatic rings. The average Bonchev–Trinajstić information content (AvgIpc) is 3.18. The zero-order chi connectivity index (χ0) is 19.9. The summed E-state index contributed by atoms with van der Waals surface area (Å²) in [7, 11) is 3.10. The third-order valence-electron chi connectivity index (χ3n) is 4.19. The van der Waals surface area contributed by atoms with Crippen LogP contribution in [0.15, 0.2) is 36.4 Å². The molecule has 0 saturated heterocycles. The van der Waals surface area contributed by atoms with E-state index in [0.29, 0.717) is 29.5 Å². The Labute approximate surface area is 162 Å². The Kier molecular flexibility index (Phi) is 6.21. The summed E-state index contributed by atoms with van der Waals surface area (Å²) in [6.45, 7) is 0.790. The van der Waals surface area contributed by atoms with Crippen molar-refractivity contribution >= 4 is 11.8 Å². The molecule has 2 N–H and O–H groups in total. The normalized spacial score (nSPS) is 11.6. The van der Waals surface area contributed by atoms with E-state index in [9.17, 15) is 9.59 Å². The van der Waals surface area contributed by atoms with Crippen molar-refractivity contribution in [1.82, 2.24) is 10.6 Å². The minimum atomic E-state index is -0.363. The Morgan fingerprint density at radius 1 is 0.857 bits per heavy atom. The third kappa shape index (κ3) is 4.85. The molecule has 8 nitrogen and oxygen atoms in total. The van der Waals surface area contributed by atoms with Crippen LogP contribution in [0.4, 0.5) is 0 Å². The van der Waals surface area contributed by atoms with Crippen LogP contribution in [0.25, 0.3) is 0 Å². The minimum Gasteiger partial charge on any atom is -0.493 e. The van der Waals surface area contributed by atoms with E-state index in [4.69, 9.17) is 18.9 Å². The zero-order valence-corrected chi connectivity index (χ0v) is 15.7. The highest BCUT2D eigenvalue weighted by molar-refractivity contribution is 5.96. The molecule has 0 bridgehead atoms. The van der Waals surface area contributed by atoms with Gasteiger partial charge in [0.15, 0.2) is 23.0 Å². The van der Waals surface area contributed by atoms with Crippen LogP contribution >= 0.6 is 0 Å². The molecule has 0 unspecified atom stereocenters. The number of carbonyl (C=O) groups is 2. The molecule has 0 aliphatic carbocycles. The van der Waals surface area contributed by atoms with Gasteiger partial charge in [-0.3, -0.25) is 9.59 Å². The number of amides is 2. The summed E-state index contributed by atoms with van der Waals surface area (Å²) < 4.78 is 21.0. The zero-order valence-electron chi connectivity index (χ0n) is 15.7. The molecule has 3 rings (SSSR count). The van der Waals surface area contributed by atoms with Crippen molar-refractivity contribution in [2.45, 2.75) is 19.5 Å². The van der Waals surface area contributed by atoms with E-state index < -0.39 is 0 Å². The highest BCUT2D eigenvalue weighted by Crippen LogP contribution is 2.32. The lowest BCUT2D eigenvalue weighted by Crippen LogP contribution is -2.31. The van der Waals surface area contributed by atoms with Crippen LogP contribution in [0.5, 0.6) is 23.0 Å². The molecule has 0 spiro atoms. The summed E-state index contributed by atoms with van der Waals surface area (Å²) in [6.07, 6.45) is -0.252. The monoisotopic (exact) mass is 386 g/mol. The summed E-state index contributed by atoms with van der Waals surface area (Å²) in [5.41, 5.74) is 1.70. The lowest BCUT2D eigenvalue weighted by Gasteiger charge is -2.10. The average molecular weight is 386 g/mol. The van der Waals surface area contributed by atoms with Gasteiger partial charge in [-0.2, -0.15) is 0 Å². The number of benzene rings is 2. The Morgan fingerprint density at radius 2 is 1.46 bits per heavy atom. The molecule has 0 saturated carbocycles. The van der Waals surface area contributed by atoms with Crippen LogP contribution < -0.4 is 29.6 Å². The fourth-order valence-corrected chi connectivity index (χ4v) is 2.71. The van der Waals surface area contributed by atoms with Gasteiger partial charge in [0.1, 0.15) is 6.42 Å². The number of carbonyl (C=O) groups excluding carboxylic acids is 2. The molecule has 2 amide bonds. The van der Waals surface area contributed by atoms with Crippen molar-refractivity contribution in [2.75, 3.05) is 21.0 Å². The molecule has 0 aromatic heterocycles. The second kappa shape index (κ2) is 8.98. The number of hydrogen-bond acceptors (Lipinski definition) is 6. The van der Waals surface area contributed by atoms with Gasteiger partial charge >= 0.3 is 0 Å². The van der Waals surface area contributed by atoms with Crippen LogP contribution in [0.2, 0.25) is 0 Å². The predicted octanol–water partition coefficient (Wildman–Crippen LogP) is 1.76. The number of methoxy groups -OCH3 is 2. The van der Waals surface area contributed by atoms with Crippen molar-refractivity contribution < 1.29 is 28.5 Å². The van der Waals surface area contributed by atoms with Crippen LogP contribution in [-0.2, 0) is 22.7 Å². The quantitative estimate of drug-likeness (QED) is 0.672. The molecule has 1 aliphatic heterocycles. The molecule has 28 heavy (non-hydrogen) atoms. The fraction of sp³-hybridized carbons (Fsp3) is 0.300. The molecule has 1 aliphatic rings. The molecule has 0 radical (unpaired) electrons. The summed E-state index contributed by atoms with van der Waals surface area (Å²) in [6, 6.07) is 10.8. The lowest BCUT2D eigenvalue weighted by atomic mass is 10.2. The number of nitrogens with one attached hydrogen (secondary N) is 2.